The minimum absolute atomic E-state index is 0.0635. The molecule has 0 bridgehead atoms. The quantitative estimate of drug-likeness (QED) is 0.764. The second kappa shape index (κ2) is 6.95. The van der Waals surface area contributed by atoms with E-state index in [1.165, 1.54) is 25.4 Å². The minimum atomic E-state index is -3.67. The number of hydrogen-bond donors (Lipinski definition) is 2. The van der Waals surface area contributed by atoms with Gasteiger partial charge in [-0.15, -0.1) is 0 Å². The number of hydrogen-bond acceptors (Lipinski definition) is 5. The van der Waals surface area contributed by atoms with E-state index >= 15 is 0 Å². The smallest absolute Gasteiger partial charge is 0.258 e. The van der Waals surface area contributed by atoms with Gasteiger partial charge >= 0.3 is 0 Å². The Morgan fingerprint density at radius 1 is 1.42 bits per heavy atom. The molecule has 0 fully saturated rings. The average molecular weight is 288 g/mol. The largest absolute Gasteiger partial charge is 0.392 e. The summed E-state index contributed by atoms with van der Waals surface area (Å²) < 4.78 is 31.8. The third-order valence-corrected chi connectivity index (χ3v) is 4.12. The second-order valence-corrected chi connectivity index (χ2v) is 6.25. The maximum absolute atomic E-state index is 12.1. The molecule has 19 heavy (non-hydrogen) atoms. The van der Waals surface area contributed by atoms with Crippen molar-refractivity contribution in [2.24, 2.45) is 5.92 Å². The maximum atomic E-state index is 12.1. The molecule has 2 N–H and O–H groups in total. The van der Waals surface area contributed by atoms with Gasteiger partial charge < -0.3 is 9.84 Å². The van der Waals surface area contributed by atoms with E-state index in [4.69, 9.17) is 9.84 Å². The zero-order valence-electron chi connectivity index (χ0n) is 11.3. The van der Waals surface area contributed by atoms with Crippen molar-refractivity contribution in [3.8, 4) is 0 Å². The highest BCUT2D eigenvalue weighted by Crippen LogP contribution is 2.10. The molecule has 0 radical (unpaired) electrons. The summed E-state index contributed by atoms with van der Waals surface area (Å²) in [5.74, 6) is 0.103. The highest BCUT2D eigenvalue weighted by atomic mass is 32.2. The van der Waals surface area contributed by atoms with Gasteiger partial charge in [0.05, 0.1) is 13.2 Å². The molecular formula is C12H20N2O4S. The number of pyridine rings is 1. The zero-order valence-corrected chi connectivity index (χ0v) is 12.1. The Balaban J connectivity index is 2.89. The molecule has 0 aliphatic heterocycles. The zero-order chi connectivity index (χ0) is 14.5. The Kier molecular flexibility index (Phi) is 5.86. The number of ether oxygens (including phenoxy) is 1. The van der Waals surface area contributed by atoms with Crippen LogP contribution in [-0.2, 0) is 21.4 Å². The van der Waals surface area contributed by atoms with Gasteiger partial charge in [0, 0.05) is 19.3 Å². The summed E-state index contributed by atoms with van der Waals surface area (Å²) >= 11 is 0. The number of nitrogens with zero attached hydrogens (tertiary/aromatic N) is 1. The van der Waals surface area contributed by atoms with Crippen LogP contribution in [0.2, 0.25) is 0 Å². The highest BCUT2D eigenvalue weighted by molar-refractivity contribution is 7.89. The molecule has 1 atom stereocenters. The molecule has 1 unspecified atom stereocenters. The molecule has 0 saturated carbocycles. The maximum Gasteiger partial charge on any atom is 0.258 e. The molecule has 6 nitrogen and oxygen atoms in total. The molecule has 0 spiro atoms. The Morgan fingerprint density at radius 3 is 2.53 bits per heavy atom. The number of methoxy groups -OCH3 is 1. The van der Waals surface area contributed by atoms with Gasteiger partial charge in [-0.3, -0.25) is 0 Å². The fourth-order valence-electron chi connectivity index (χ4n) is 1.47. The normalized spacial score (nSPS) is 13.7. The molecule has 1 heterocycles. The summed E-state index contributed by atoms with van der Waals surface area (Å²) in [6.45, 7) is 3.95. The lowest BCUT2D eigenvalue weighted by Gasteiger charge is -2.21. The Morgan fingerprint density at radius 2 is 2.11 bits per heavy atom. The van der Waals surface area contributed by atoms with E-state index in [0.717, 1.165) is 0 Å². The fourth-order valence-corrected chi connectivity index (χ4v) is 2.76. The molecule has 0 aromatic carbocycles. The van der Waals surface area contributed by atoms with E-state index in [0.29, 0.717) is 12.2 Å². The summed E-state index contributed by atoms with van der Waals surface area (Å²) in [7, 11) is -2.15. The SMILES string of the molecule is COCC(NS(=O)(=O)c1ccc(CO)cn1)C(C)C. The van der Waals surface area contributed by atoms with Crippen molar-refractivity contribution in [1.82, 2.24) is 9.71 Å². The van der Waals surface area contributed by atoms with Gasteiger partial charge in [0.1, 0.15) is 0 Å². The molecule has 1 rings (SSSR count). The van der Waals surface area contributed by atoms with Gasteiger partial charge in [0.25, 0.3) is 10.0 Å². The first-order chi connectivity index (χ1) is 8.90. The van der Waals surface area contributed by atoms with Crippen LogP contribution in [0.25, 0.3) is 0 Å². The average Bonchev–Trinajstić information content (AvgIpc) is 2.38. The summed E-state index contributed by atoms with van der Waals surface area (Å²) in [6.07, 6.45) is 1.34. The highest BCUT2D eigenvalue weighted by Gasteiger charge is 2.23. The molecule has 7 heteroatoms. The van der Waals surface area contributed by atoms with Gasteiger partial charge in [-0.25, -0.2) is 18.1 Å². The summed E-state index contributed by atoms with van der Waals surface area (Å²) in [5, 5.41) is 8.83. The van der Waals surface area contributed by atoms with Crippen LogP contribution in [0.15, 0.2) is 23.4 Å². The first-order valence-electron chi connectivity index (χ1n) is 5.97. The van der Waals surface area contributed by atoms with Crippen LogP contribution in [0.4, 0.5) is 0 Å². The standard InChI is InChI=1S/C12H20N2O4S/c1-9(2)11(8-18-3)14-19(16,17)12-5-4-10(7-15)6-13-12/h4-6,9,11,14-15H,7-8H2,1-3H3. The summed E-state index contributed by atoms with van der Waals surface area (Å²) in [4.78, 5) is 3.84. The van der Waals surface area contributed by atoms with Crippen molar-refractivity contribution >= 4 is 10.0 Å². The van der Waals surface area contributed by atoms with Crippen LogP contribution >= 0.6 is 0 Å². The van der Waals surface area contributed by atoms with Crippen LogP contribution in [0.5, 0.6) is 0 Å². The van der Waals surface area contributed by atoms with Crippen molar-refractivity contribution in [3.63, 3.8) is 0 Å². The van der Waals surface area contributed by atoms with Crippen LogP contribution in [0.1, 0.15) is 19.4 Å². The van der Waals surface area contributed by atoms with E-state index < -0.39 is 10.0 Å². The van der Waals surface area contributed by atoms with Crippen molar-refractivity contribution in [3.05, 3.63) is 23.9 Å². The second-order valence-electron chi connectivity index (χ2n) is 4.59. The lowest BCUT2D eigenvalue weighted by molar-refractivity contribution is 0.157. The molecular weight excluding hydrogens is 268 g/mol. The van der Waals surface area contributed by atoms with Gasteiger partial charge in [-0.2, -0.15) is 0 Å². The van der Waals surface area contributed by atoms with Crippen LogP contribution in [-0.4, -0.2) is 38.3 Å². The van der Waals surface area contributed by atoms with Crippen molar-refractivity contribution in [2.75, 3.05) is 13.7 Å². The van der Waals surface area contributed by atoms with E-state index in [-0.39, 0.29) is 23.6 Å². The minimum Gasteiger partial charge on any atom is -0.392 e. The van der Waals surface area contributed by atoms with Crippen LogP contribution < -0.4 is 4.72 Å². The number of aliphatic hydroxyl groups is 1. The Hall–Kier alpha value is -1.02. The molecule has 108 valence electrons. The van der Waals surface area contributed by atoms with Crippen LogP contribution in [0.3, 0.4) is 0 Å². The molecule has 0 aliphatic rings. The number of nitrogens with one attached hydrogen (secondary N) is 1. The van der Waals surface area contributed by atoms with Gasteiger partial charge in [-0.1, -0.05) is 19.9 Å². The molecule has 1 aromatic heterocycles. The van der Waals surface area contributed by atoms with Crippen molar-refractivity contribution in [1.29, 1.82) is 0 Å². The lowest BCUT2D eigenvalue weighted by Crippen LogP contribution is -2.41. The lowest BCUT2D eigenvalue weighted by atomic mass is 10.1. The monoisotopic (exact) mass is 288 g/mol. The van der Waals surface area contributed by atoms with Gasteiger partial charge in [0.2, 0.25) is 0 Å². The first kappa shape index (κ1) is 16.0. The molecule has 0 saturated heterocycles. The summed E-state index contributed by atoms with van der Waals surface area (Å²) in [5.41, 5.74) is 0.566. The van der Waals surface area contributed by atoms with Crippen LogP contribution in [0, 0.1) is 5.92 Å². The van der Waals surface area contributed by atoms with E-state index in [1.807, 2.05) is 13.8 Å². The first-order valence-corrected chi connectivity index (χ1v) is 7.46. The third-order valence-electron chi connectivity index (χ3n) is 2.71. The summed E-state index contributed by atoms with van der Waals surface area (Å²) in [6, 6.07) is 2.59. The van der Waals surface area contributed by atoms with E-state index in [1.54, 1.807) is 0 Å². The molecule has 0 amide bonds. The number of aliphatic hydroxyl groups excluding tert-OH is 1. The fraction of sp³-hybridized carbons (Fsp3) is 0.583. The van der Waals surface area contributed by atoms with E-state index in [2.05, 4.69) is 9.71 Å². The predicted molar refractivity (Wildman–Crippen MR) is 71.0 cm³/mol. The topological polar surface area (TPSA) is 88.5 Å². The number of sulfonamides is 1. The molecule has 1 aromatic rings. The van der Waals surface area contributed by atoms with Crippen molar-refractivity contribution < 1.29 is 18.3 Å². The number of rotatable bonds is 7. The Labute approximate surface area is 113 Å². The predicted octanol–water partition coefficient (Wildman–Crippen LogP) is 0.523. The van der Waals surface area contributed by atoms with Crippen molar-refractivity contribution in [2.45, 2.75) is 31.5 Å². The van der Waals surface area contributed by atoms with Gasteiger partial charge in [-0.05, 0) is 17.5 Å². The molecule has 0 aliphatic carbocycles. The third kappa shape index (κ3) is 4.54. The van der Waals surface area contributed by atoms with Gasteiger partial charge in [0.15, 0.2) is 5.03 Å². The Bertz CT molecular complexity index is 485. The number of aromatic nitrogens is 1. The van der Waals surface area contributed by atoms with E-state index in [9.17, 15) is 8.42 Å².